The maximum atomic E-state index is 8.95. The van der Waals surface area contributed by atoms with Gasteiger partial charge in [-0.15, -0.1) is 0 Å². The third-order valence-corrected chi connectivity index (χ3v) is 2.81. The molecule has 0 bridgehead atoms. The van der Waals surface area contributed by atoms with Gasteiger partial charge < -0.3 is 10.4 Å². The number of aliphatic hydroxyl groups excluding tert-OH is 1. The van der Waals surface area contributed by atoms with Crippen molar-refractivity contribution in [2.24, 2.45) is 5.92 Å². The zero-order chi connectivity index (χ0) is 11.3. The first-order valence-electron chi connectivity index (χ1n) is 4.98. The highest BCUT2D eigenvalue weighted by molar-refractivity contribution is 9.10. The van der Waals surface area contributed by atoms with Crippen LogP contribution < -0.4 is 5.32 Å². The van der Waals surface area contributed by atoms with E-state index in [1.165, 1.54) is 6.33 Å². The van der Waals surface area contributed by atoms with E-state index < -0.39 is 0 Å². The van der Waals surface area contributed by atoms with Gasteiger partial charge >= 0.3 is 0 Å². The lowest BCUT2D eigenvalue weighted by molar-refractivity contribution is 0.267. The second kappa shape index (κ2) is 6.02. The van der Waals surface area contributed by atoms with Crippen molar-refractivity contribution in [3.05, 3.63) is 17.0 Å². The summed E-state index contributed by atoms with van der Waals surface area (Å²) in [6.45, 7) is 4.41. The highest BCUT2D eigenvalue weighted by atomic mass is 79.9. The molecule has 4 nitrogen and oxygen atoms in total. The maximum absolute atomic E-state index is 8.95. The van der Waals surface area contributed by atoms with Crippen LogP contribution in [0.2, 0.25) is 0 Å². The Balaban J connectivity index is 2.69. The largest absolute Gasteiger partial charge is 0.396 e. The van der Waals surface area contributed by atoms with Crippen molar-refractivity contribution >= 4 is 21.7 Å². The van der Waals surface area contributed by atoms with Crippen LogP contribution in [0.4, 0.5) is 5.82 Å². The molecular weight excluding hydrogens is 258 g/mol. The molecule has 0 aromatic carbocycles. The van der Waals surface area contributed by atoms with Gasteiger partial charge in [0, 0.05) is 18.8 Å². The van der Waals surface area contributed by atoms with E-state index in [2.05, 4.69) is 45.1 Å². The quantitative estimate of drug-likeness (QED) is 0.862. The molecule has 0 fully saturated rings. The van der Waals surface area contributed by atoms with Crippen molar-refractivity contribution in [1.82, 2.24) is 9.97 Å². The van der Waals surface area contributed by atoms with Crippen LogP contribution in [0.1, 0.15) is 20.3 Å². The molecule has 0 aliphatic heterocycles. The third kappa shape index (κ3) is 3.76. The molecule has 0 aliphatic carbocycles. The molecule has 0 aliphatic rings. The molecule has 0 amide bonds. The molecule has 0 saturated carbocycles. The average Bonchev–Trinajstić information content (AvgIpc) is 2.20. The smallest absolute Gasteiger partial charge is 0.143 e. The molecule has 2 N–H and O–H groups in total. The molecule has 1 heterocycles. The summed E-state index contributed by atoms with van der Waals surface area (Å²) in [5.74, 6) is 1.22. The molecule has 84 valence electrons. The summed E-state index contributed by atoms with van der Waals surface area (Å²) in [5, 5.41) is 12.2. The van der Waals surface area contributed by atoms with Crippen molar-refractivity contribution < 1.29 is 5.11 Å². The molecule has 0 radical (unpaired) electrons. The van der Waals surface area contributed by atoms with Gasteiger partial charge in [0.15, 0.2) is 0 Å². The Hall–Kier alpha value is -0.680. The topological polar surface area (TPSA) is 58.0 Å². The summed E-state index contributed by atoms with van der Waals surface area (Å²) in [7, 11) is 0. The van der Waals surface area contributed by atoms with Crippen molar-refractivity contribution in [3.8, 4) is 0 Å². The van der Waals surface area contributed by atoms with E-state index >= 15 is 0 Å². The average molecular weight is 274 g/mol. The van der Waals surface area contributed by atoms with Crippen molar-refractivity contribution in [1.29, 1.82) is 0 Å². The highest BCUT2D eigenvalue weighted by Gasteiger charge is 2.14. The Morgan fingerprint density at radius 1 is 1.53 bits per heavy atom. The highest BCUT2D eigenvalue weighted by Crippen LogP contribution is 2.20. The molecule has 5 heteroatoms. The monoisotopic (exact) mass is 273 g/mol. The van der Waals surface area contributed by atoms with Crippen molar-refractivity contribution in [2.75, 3.05) is 11.9 Å². The number of anilines is 1. The normalized spacial score (nSPS) is 12.9. The number of nitrogens with one attached hydrogen (secondary N) is 1. The first kappa shape index (κ1) is 12.4. The van der Waals surface area contributed by atoms with Crippen LogP contribution in [-0.4, -0.2) is 27.7 Å². The summed E-state index contributed by atoms with van der Waals surface area (Å²) in [5.41, 5.74) is 0. The Morgan fingerprint density at radius 3 is 2.80 bits per heavy atom. The molecule has 1 rings (SSSR count). The van der Waals surface area contributed by atoms with Gasteiger partial charge in [0.05, 0.1) is 4.47 Å². The van der Waals surface area contributed by atoms with Gasteiger partial charge in [0.1, 0.15) is 12.1 Å². The van der Waals surface area contributed by atoms with E-state index in [0.717, 1.165) is 10.3 Å². The standard InChI is InChI=1S/C10H16BrN3O/c1-7(2)9(3-4-15)14-10-8(11)5-12-6-13-10/h5-7,9,15H,3-4H2,1-2H3,(H,12,13,14). The zero-order valence-electron chi connectivity index (χ0n) is 8.94. The van der Waals surface area contributed by atoms with E-state index in [0.29, 0.717) is 12.3 Å². The Kier molecular flexibility index (Phi) is 4.98. The predicted molar refractivity (Wildman–Crippen MR) is 63.7 cm³/mol. The molecule has 1 aromatic rings. The summed E-state index contributed by atoms with van der Waals surface area (Å²) >= 11 is 3.37. The summed E-state index contributed by atoms with van der Waals surface area (Å²) in [6, 6.07) is 0.223. The fourth-order valence-electron chi connectivity index (χ4n) is 1.31. The minimum atomic E-state index is 0.179. The van der Waals surface area contributed by atoms with Crippen LogP contribution in [-0.2, 0) is 0 Å². The van der Waals surface area contributed by atoms with Crippen LogP contribution in [0.15, 0.2) is 17.0 Å². The summed E-state index contributed by atoms with van der Waals surface area (Å²) in [6.07, 6.45) is 3.92. The van der Waals surface area contributed by atoms with Gasteiger partial charge in [0.2, 0.25) is 0 Å². The number of nitrogens with zero attached hydrogens (tertiary/aromatic N) is 2. The fourth-order valence-corrected chi connectivity index (χ4v) is 1.64. The first-order chi connectivity index (χ1) is 7.15. The molecule has 1 aromatic heterocycles. The Morgan fingerprint density at radius 2 is 2.27 bits per heavy atom. The van der Waals surface area contributed by atoms with E-state index in [9.17, 15) is 0 Å². The number of rotatable bonds is 5. The Labute approximate surface area is 98.3 Å². The van der Waals surface area contributed by atoms with Gasteiger partial charge in [-0.3, -0.25) is 0 Å². The first-order valence-corrected chi connectivity index (χ1v) is 5.77. The van der Waals surface area contributed by atoms with Gasteiger partial charge in [-0.25, -0.2) is 9.97 Å². The van der Waals surface area contributed by atoms with E-state index in [-0.39, 0.29) is 12.6 Å². The second-order valence-corrected chi connectivity index (χ2v) is 4.58. The number of halogens is 1. The molecule has 0 saturated heterocycles. The lowest BCUT2D eigenvalue weighted by Gasteiger charge is -2.22. The van der Waals surface area contributed by atoms with E-state index in [4.69, 9.17) is 5.11 Å². The predicted octanol–water partition coefficient (Wildman–Crippen LogP) is 2.06. The Bertz CT molecular complexity index is 306. The SMILES string of the molecule is CC(C)C(CCO)Nc1ncncc1Br. The minimum Gasteiger partial charge on any atom is -0.396 e. The van der Waals surface area contributed by atoms with E-state index in [1.54, 1.807) is 6.20 Å². The molecule has 0 spiro atoms. The van der Waals surface area contributed by atoms with Gasteiger partial charge in [0.25, 0.3) is 0 Å². The molecule has 15 heavy (non-hydrogen) atoms. The van der Waals surface area contributed by atoms with Gasteiger partial charge in [-0.2, -0.15) is 0 Å². The second-order valence-electron chi connectivity index (χ2n) is 3.73. The maximum Gasteiger partial charge on any atom is 0.143 e. The lowest BCUT2D eigenvalue weighted by Crippen LogP contribution is -2.27. The number of aliphatic hydroxyl groups is 1. The summed E-state index contributed by atoms with van der Waals surface area (Å²) in [4.78, 5) is 8.03. The summed E-state index contributed by atoms with van der Waals surface area (Å²) < 4.78 is 0.841. The lowest BCUT2D eigenvalue weighted by atomic mass is 10.0. The molecule has 1 unspecified atom stereocenters. The van der Waals surface area contributed by atoms with Gasteiger partial charge in [-0.1, -0.05) is 13.8 Å². The third-order valence-electron chi connectivity index (χ3n) is 2.23. The number of aromatic nitrogens is 2. The van der Waals surface area contributed by atoms with Crippen LogP contribution in [0.3, 0.4) is 0 Å². The minimum absolute atomic E-state index is 0.179. The fraction of sp³-hybridized carbons (Fsp3) is 0.600. The molecule has 1 atom stereocenters. The van der Waals surface area contributed by atoms with Crippen LogP contribution >= 0.6 is 15.9 Å². The van der Waals surface area contributed by atoms with E-state index in [1.807, 2.05) is 0 Å². The van der Waals surface area contributed by atoms with Crippen molar-refractivity contribution in [2.45, 2.75) is 26.3 Å². The number of hydrogen-bond donors (Lipinski definition) is 2. The van der Waals surface area contributed by atoms with Crippen LogP contribution in [0.25, 0.3) is 0 Å². The number of hydrogen-bond acceptors (Lipinski definition) is 4. The zero-order valence-corrected chi connectivity index (χ0v) is 10.5. The van der Waals surface area contributed by atoms with Gasteiger partial charge in [-0.05, 0) is 28.3 Å². The molecular formula is C10H16BrN3O. The van der Waals surface area contributed by atoms with Crippen LogP contribution in [0.5, 0.6) is 0 Å². The van der Waals surface area contributed by atoms with Crippen LogP contribution in [0, 0.1) is 5.92 Å². The van der Waals surface area contributed by atoms with Crippen molar-refractivity contribution in [3.63, 3.8) is 0 Å².